The van der Waals surface area contributed by atoms with E-state index >= 15 is 0 Å². The molecule has 3 rings (SSSR count). The summed E-state index contributed by atoms with van der Waals surface area (Å²) in [6, 6.07) is 8.13. The molecule has 27 heavy (non-hydrogen) atoms. The number of rotatable bonds is 7. The number of hydrogen-bond donors (Lipinski definition) is 2. The number of anilines is 1. The van der Waals surface area contributed by atoms with Gasteiger partial charge in [0.15, 0.2) is 6.10 Å². The molecule has 2 heterocycles. The molecule has 0 aliphatic carbocycles. The van der Waals surface area contributed by atoms with Crippen molar-refractivity contribution in [3.05, 3.63) is 24.3 Å². The molecule has 2 N–H and O–H groups in total. The van der Waals surface area contributed by atoms with Crippen molar-refractivity contribution >= 4 is 17.5 Å². The number of piperidine rings is 1. The molecular formula is C21H32N3O3+. The minimum atomic E-state index is -0.517. The fourth-order valence-electron chi connectivity index (χ4n) is 4.06. The third-order valence-corrected chi connectivity index (χ3v) is 5.72. The Kier molecular flexibility index (Phi) is 6.72. The van der Waals surface area contributed by atoms with Crippen LogP contribution in [0.25, 0.3) is 0 Å². The molecule has 0 saturated carbocycles. The first-order valence-corrected chi connectivity index (χ1v) is 10.3. The van der Waals surface area contributed by atoms with Gasteiger partial charge in [0, 0.05) is 13.0 Å². The number of hydrogen-bond acceptors (Lipinski definition) is 3. The molecule has 3 atom stereocenters. The van der Waals surface area contributed by atoms with Gasteiger partial charge in [-0.3, -0.25) is 14.5 Å². The minimum absolute atomic E-state index is 0.0443. The predicted octanol–water partition coefficient (Wildman–Crippen LogP) is 1.15. The number of amides is 2. The Morgan fingerprint density at radius 2 is 2.15 bits per heavy atom. The number of para-hydroxylation sites is 2. The van der Waals surface area contributed by atoms with E-state index in [1.54, 1.807) is 9.80 Å². The van der Waals surface area contributed by atoms with Gasteiger partial charge in [-0.2, -0.15) is 0 Å². The zero-order valence-electron chi connectivity index (χ0n) is 16.5. The molecule has 0 bridgehead atoms. The number of benzene rings is 1. The van der Waals surface area contributed by atoms with Gasteiger partial charge in [-0.05, 0) is 44.7 Å². The molecule has 2 amide bonds. The molecule has 3 unspecified atom stereocenters. The first-order chi connectivity index (χ1) is 13.1. The Morgan fingerprint density at radius 3 is 2.93 bits per heavy atom. The highest BCUT2D eigenvalue weighted by atomic mass is 16.5. The monoisotopic (exact) mass is 374 g/mol. The van der Waals surface area contributed by atoms with Crippen LogP contribution in [-0.2, 0) is 9.59 Å². The number of likely N-dealkylation sites (tertiary alicyclic amines) is 1. The summed E-state index contributed by atoms with van der Waals surface area (Å²) in [7, 11) is 0. The van der Waals surface area contributed by atoms with Crippen molar-refractivity contribution in [1.29, 1.82) is 0 Å². The van der Waals surface area contributed by atoms with Gasteiger partial charge in [-0.25, -0.2) is 0 Å². The highest BCUT2D eigenvalue weighted by Crippen LogP contribution is 2.34. The Bertz CT molecular complexity index is 664. The van der Waals surface area contributed by atoms with Gasteiger partial charge < -0.3 is 15.0 Å². The molecule has 6 nitrogen and oxygen atoms in total. The van der Waals surface area contributed by atoms with Crippen LogP contribution in [0.3, 0.4) is 0 Å². The highest BCUT2D eigenvalue weighted by Gasteiger charge is 2.34. The van der Waals surface area contributed by atoms with Crippen molar-refractivity contribution in [3.63, 3.8) is 0 Å². The lowest BCUT2D eigenvalue weighted by Gasteiger charge is -2.33. The van der Waals surface area contributed by atoms with Gasteiger partial charge >= 0.3 is 0 Å². The van der Waals surface area contributed by atoms with Crippen LogP contribution in [0.2, 0.25) is 0 Å². The second-order valence-electron chi connectivity index (χ2n) is 7.67. The molecule has 2 aliphatic rings. The van der Waals surface area contributed by atoms with Crippen LogP contribution >= 0.6 is 0 Å². The summed E-state index contributed by atoms with van der Waals surface area (Å²) in [5.41, 5.74) is 0.675. The van der Waals surface area contributed by atoms with Crippen molar-refractivity contribution in [2.45, 2.75) is 58.1 Å². The molecule has 0 spiro atoms. The fraction of sp³-hybridized carbons (Fsp3) is 0.619. The second kappa shape index (κ2) is 9.22. The summed E-state index contributed by atoms with van der Waals surface area (Å²) in [5.74, 6) is 0.411. The number of nitrogens with zero attached hydrogens (tertiary/aromatic N) is 1. The van der Waals surface area contributed by atoms with Crippen molar-refractivity contribution in [2.24, 2.45) is 0 Å². The average molecular weight is 375 g/mol. The fourth-order valence-corrected chi connectivity index (χ4v) is 4.06. The van der Waals surface area contributed by atoms with Gasteiger partial charge in [0.05, 0.1) is 24.8 Å². The van der Waals surface area contributed by atoms with Crippen LogP contribution in [0, 0.1) is 0 Å². The van der Waals surface area contributed by atoms with Gasteiger partial charge in [0.25, 0.3) is 5.91 Å². The number of quaternary nitrogens is 1. The van der Waals surface area contributed by atoms with Crippen molar-refractivity contribution in [3.8, 4) is 5.75 Å². The van der Waals surface area contributed by atoms with Gasteiger partial charge in [-0.1, -0.05) is 19.1 Å². The zero-order chi connectivity index (χ0) is 19.2. The Balaban J connectivity index is 1.50. The SMILES string of the molecule is CCC1Oc2ccccc2N(CC(=O)NCCC[NH+]2CCCCC2C)C1=O. The van der Waals surface area contributed by atoms with E-state index in [1.807, 2.05) is 31.2 Å². The summed E-state index contributed by atoms with van der Waals surface area (Å²) in [6.45, 7) is 7.28. The maximum absolute atomic E-state index is 12.6. The first-order valence-electron chi connectivity index (χ1n) is 10.3. The maximum Gasteiger partial charge on any atom is 0.268 e. The Morgan fingerprint density at radius 1 is 1.33 bits per heavy atom. The quantitative estimate of drug-likeness (QED) is 0.704. The Hall–Kier alpha value is -2.08. The molecule has 1 saturated heterocycles. The van der Waals surface area contributed by atoms with E-state index in [1.165, 1.54) is 25.8 Å². The molecule has 1 fully saturated rings. The predicted molar refractivity (Wildman–Crippen MR) is 105 cm³/mol. The number of nitrogens with one attached hydrogen (secondary N) is 2. The molecule has 1 aromatic carbocycles. The van der Waals surface area contributed by atoms with E-state index in [0.717, 1.165) is 19.0 Å². The third-order valence-electron chi connectivity index (χ3n) is 5.72. The van der Waals surface area contributed by atoms with Gasteiger partial charge in [0.1, 0.15) is 12.3 Å². The molecular weight excluding hydrogens is 342 g/mol. The lowest BCUT2D eigenvalue weighted by molar-refractivity contribution is -0.928. The van der Waals surface area contributed by atoms with E-state index in [4.69, 9.17) is 4.74 Å². The third kappa shape index (κ3) is 4.80. The van der Waals surface area contributed by atoms with Crippen molar-refractivity contribution in [2.75, 3.05) is 31.1 Å². The van der Waals surface area contributed by atoms with E-state index in [-0.39, 0.29) is 18.4 Å². The number of ether oxygens (including phenoxy) is 1. The first kappa shape index (κ1) is 19.7. The molecule has 0 aromatic heterocycles. The lowest BCUT2D eigenvalue weighted by atomic mass is 10.0. The second-order valence-corrected chi connectivity index (χ2v) is 7.67. The molecule has 1 aromatic rings. The summed E-state index contributed by atoms with van der Waals surface area (Å²) >= 11 is 0. The maximum atomic E-state index is 12.6. The number of fused-ring (bicyclic) bond motifs is 1. The summed E-state index contributed by atoms with van der Waals surface area (Å²) in [5, 5.41) is 2.98. The van der Waals surface area contributed by atoms with Crippen LogP contribution in [0.4, 0.5) is 5.69 Å². The van der Waals surface area contributed by atoms with Crippen LogP contribution in [0.5, 0.6) is 5.75 Å². The minimum Gasteiger partial charge on any atom is -0.478 e. The summed E-state index contributed by atoms with van der Waals surface area (Å²) in [4.78, 5) is 28.3. The Labute approximate surface area is 161 Å². The molecule has 148 valence electrons. The average Bonchev–Trinajstić information content (AvgIpc) is 2.68. The van der Waals surface area contributed by atoms with Crippen molar-refractivity contribution in [1.82, 2.24) is 5.32 Å². The summed E-state index contributed by atoms with van der Waals surface area (Å²) < 4.78 is 5.76. The van der Waals surface area contributed by atoms with Crippen LogP contribution in [-0.4, -0.2) is 50.1 Å². The van der Waals surface area contributed by atoms with Crippen LogP contribution < -0.4 is 19.9 Å². The van der Waals surface area contributed by atoms with Gasteiger partial charge in [-0.15, -0.1) is 0 Å². The van der Waals surface area contributed by atoms with E-state index < -0.39 is 6.10 Å². The van der Waals surface area contributed by atoms with E-state index in [2.05, 4.69) is 12.2 Å². The lowest BCUT2D eigenvalue weighted by Crippen LogP contribution is -3.16. The molecule has 2 aliphatic heterocycles. The summed E-state index contributed by atoms with van der Waals surface area (Å²) in [6.07, 6.45) is 4.99. The van der Waals surface area contributed by atoms with E-state index in [0.29, 0.717) is 24.4 Å². The van der Waals surface area contributed by atoms with Crippen LogP contribution in [0.1, 0.15) is 46.0 Å². The largest absolute Gasteiger partial charge is 0.478 e. The molecule has 6 heteroatoms. The zero-order valence-corrected chi connectivity index (χ0v) is 16.5. The highest BCUT2D eigenvalue weighted by molar-refractivity contribution is 6.03. The molecule has 0 radical (unpaired) electrons. The number of carbonyl (C=O) groups is 2. The number of carbonyl (C=O) groups excluding carboxylic acids is 2. The smallest absolute Gasteiger partial charge is 0.268 e. The van der Waals surface area contributed by atoms with Crippen LogP contribution in [0.15, 0.2) is 24.3 Å². The topological polar surface area (TPSA) is 63.1 Å². The van der Waals surface area contributed by atoms with Gasteiger partial charge in [0.2, 0.25) is 5.91 Å². The van der Waals surface area contributed by atoms with Crippen molar-refractivity contribution < 1.29 is 19.2 Å². The normalized spacial score (nSPS) is 24.9. The van der Waals surface area contributed by atoms with E-state index in [9.17, 15) is 9.59 Å². The standard InChI is InChI=1S/C21H31N3O3/c1-3-18-21(26)24(17-10-4-5-11-19(17)27-18)15-20(25)22-12-8-14-23-13-7-6-9-16(23)2/h4-5,10-11,16,18H,3,6-9,12-15H2,1-2H3,(H,22,25)/p+1.